The topological polar surface area (TPSA) is 88.3 Å². The third-order valence-corrected chi connectivity index (χ3v) is 4.36. The van der Waals surface area contributed by atoms with Crippen molar-refractivity contribution >= 4 is 33.1 Å². The maximum atomic E-state index is 12.8. The van der Waals surface area contributed by atoms with Crippen molar-refractivity contribution in [1.29, 1.82) is 0 Å². The predicted octanol–water partition coefficient (Wildman–Crippen LogP) is 3.85. The van der Waals surface area contributed by atoms with Gasteiger partial charge in [-0.1, -0.05) is 24.3 Å². The van der Waals surface area contributed by atoms with Crippen molar-refractivity contribution in [3.05, 3.63) is 65.9 Å². The Kier molecular flexibility index (Phi) is 3.35. The van der Waals surface area contributed by atoms with Crippen molar-refractivity contribution in [2.24, 2.45) is 0 Å². The number of nitrogen functional groups attached to an aromatic ring is 1. The molecule has 0 radical (unpaired) electrons. The van der Waals surface area contributed by atoms with Gasteiger partial charge in [-0.2, -0.15) is 0 Å². The van der Waals surface area contributed by atoms with Gasteiger partial charge < -0.3 is 20.6 Å². The van der Waals surface area contributed by atoms with Gasteiger partial charge in [0.05, 0.1) is 24.0 Å². The van der Waals surface area contributed by atoms with Crippen LogP contribution in [0, 0.1) is 0 Å². The number of methoxy groups -OCH3 is 1. The van der Waals surface area contributed by atoms with Gasteiger partial charge in [0.25, 0.3) is 0 Å². The number of hydrogen-bond donors (Lipinski definition) is 3. The van der Waals surface area contributed by atoms with Gasteiger partial charge in [-0.05, 0) is 29.7 Å². The highest BCUT2D eigenvalue weighted by Gasteiger charge is 2.16. The quantitative estimate of drug-likeness (QED) is 0.393. The molecule has 3 aromatic carbocycles. The van der Waals surface area contributed by atoms with E-state index in [1.54, 1.807) is 24.3 Å². The molecular formula is C20H16N2O3. The minimum Gasteiger partial charge on any atom is -0.507 e. The van der Waals surface area contributed by atoms with Crippen molar-refractivity contribution in [2.45, 2.75) is 0 Å². The van der Waals surface area contributed by atoms with E-state index in [9.17, 15) is 9.90 Å². The molecule has 4 aromatic rings. The fourth-order valence-corrected chi connectivity index (χ4v) is 3.09. The summed E-state index contributed by atoms with van der Waals surface area (Å²) in [6.07, 6.45) is 0. The largest absolute Gasteiger partial charge is 0.507 e. The number of ketones is 1. The molecular weight excluding hydrogens is 316 g/mol. The van der Waals surface area contributed by atoms with Crippen LogP contribution in [0.1, 0.15) is 16.1 Å². The molecule has 0 fully saturated rings. The minimum atomic E-state index is -0.168. The number of anilines is 1. The first-order valence-electron chi connectivity index (χ1n) is 7.80. The molecule has 1 heterocycles. The van der Waals surface area contributed by atoms with Crippen LogP contribution in [0.3, 0.4) is 0 Å². The first kappa shape index (κ1) is 15.1. The number of phenolic OH excluding ortho intramolecular Hbond substituents is 1. The van der Waals surface area contributed by atoms with E-state index in [4.69, 9.17) is 10.5 Å². The van der Waals surface area contributed by atoms with Gasteiger partial charge in [0.1, 0.15) is 11.5 Å². The zero-order chi connectivity index (χ0) is 17.6. The van der Waals surface area contributed by atoms with E-state index in [0.717, 1.165) is 16.2 Å². The second-order valence-electron chi connectivity index (χ2n) is 5.87. The van der Waals surface area contributed by atoms with E-state index in [2.05, 4.69) is 4.98 Å². The van der Waals surface area contributed by atoms with Crippen molar-refractivity contribution < 1.29 is 14.6 Å². The summed E-state index contributed by atoms with van der Waals surface area (Å²) in [6, 6.07) is 15.9. The van der Waals surface area contributed by atoms with Gasteiger partial charge >= 0.3 is 0 Å². The lowest BCUT2D eigenvalue weighted by Gasteiger charge is -2.06. The Labute approximate surface area is 143 Å². The van der Waals surface area contributed by atoms with Gasteiger partial charge in [0.2, 0.25) is 5.78 Å². The summed E-state index contributed by atoms with van der Waals surface area (Å²) in [5, 5.41) is 12.7. The van der Waals surface area contributed by atoms with Crippen LogP contribution in [0.5, 0.6) is 11.5 Å². The molecule has 0 saturated heterocycles. The van der Waals surface area contributed by atoms with Crippen LogP contribution >= 0.6 is 0 Å². The van der Waals surface area contributed by atoms with Crippen molar-refractivity contribution in [3.63, 3.8) is 0 Å². The van der Waals surface area contributed by atoms with Crippen LogP contribution in [0.15, 0.2) is 54.6 Å². The minimum absolute atomic E-state index is 0.168. The van der Waals surface area contributed by atoms with E-state index in [-0.39, 0.29) is 11.5 Å². The first-order valence-corrected chi connectivity index (χ1v) is 7.80. The number of fused-ring (bicyclic) bond motifs is 3. The lowest BCUT2D eigenvalue weighted by atomic mass is 10.0. The maximum Gasteiger partial charge on any atom is 0.209 e. The fourth-order valence-electron chi connectivity index (χ4n) is 3.09. The average Bonchev–Trinajstić information content (AvgIpc) is 3.06. The number of H-pyrrole nitrogens is 1. The number of carbonyl (C=O) groups excluding carboxylic acids is 1. The fraction of sp³-hybridized carbons (Fsp3) is 0.0500. The number of carbonyl (C=O) groups is 1. The third-order valence-electron chi connectivity index (χ3n) is 4.36. The SMILES string of the molecule is COc1cc(C(=O)c2cc3c(cc(O)c4ccccc43)[nH]2)ccc1N. The lowest BCUT2D eigenvalue weighted by molar-refractivity contribution is 0.103. The number of aromatic nitrogens is 1. The lowest BCUT2D eigenvalue weighted by Crippen LogP contribution is -2.03. The number of aromatic amines is 1. The van der Waals surface area contributed by atoms with E-state index in [0.29, 0.717) is 28.2 Å². The number of aromatic hydroxyl groups is 1. The Balaban J connectivity index is 1.87. The Bertz CT molecular complexity index is 1130. The maximum absolute atomic E-state index is 12.8. The molecule has 0 spiro atoms. The van der Waals surface area contributed by atoms with Crippen LogP contribution < -0.4 is 10.5 Å². The van der Waals surface area contributed by atoms with E-state index in [1.165, 1.54) is 7.11 Å². The summed E-state index contributed by atoms with van der Waals surface area (Å²) in [5.74, 6) is 0.473. The molecule has 5 heteroatoms. The van der Waals surface area contributed by atoms with Crippen molar-refractivity contribution in [2.75, 3.05) is 12.8 Å². The second-order valence-corrected chi connectivity index (χ2v) is 5.87. The van der Waals surface area contributed by atoms with E-state index < -0.39 is 0 Å². The molecule has 4 rings (SSSR count). The number of nitrogens with one attached hydrogen (secondary N) is 1. The molecule has 0 bridgehead atoms. The molecule has 0 saturated carbocycles. The normalized spacial score (nSPS) is 11.1. The number of hydrogen-bond acceptors (Lipinski definition) is 4. The smallest absolute Gasteiger partial charge is 0.209 e. The molecule has 25 heavy (non-hydrogen) atoms. The second kappa shape index (κ2) is 5.56. The summed E-state index contributed by atoms with van der Waals surface area (Å²) in [6.45, 7) is 0. The van der Waals surface area contributed by atoms with Crippen LogP contribution in [0.2, 0.25) is 0 Å². The molecule has 124 valence electrons. The van der Waals surface area contributed by atoms with Crippen LogP contribution in [0.25, 0.3) is 21.7 Å². The van der Waals surface area contributed by atoms with Crippen LogP contribution in [-0.2, 0) is 0 Å². The molecule has 0 aliphatic heterocycles. The van der Waals surface area contributed by atoms with Gasteiger partial charge in [-0.3, -0.25) is 4.79 Å². The highest BCUT2D eigenvalue weighted by atomic mass is 16.5. The van der Waals surface area contributed by atoms with Crippen LogP contribution in [-0.4, -0.2) is 23.0 Å². The number of benzene rings is 3. The van der Waals surface area contributed by atoms with Crippen molar-refractivity contribution in [1.82, 2.24) is 4.98 Å². The standard InChI is InChI=1S/C20H16N2O3/c1-25-19-8-11(6-7-15(19)21)20(24)17-9-14-12-4-2-3-5-13(12)18(23)10-16(14)22-17/h2-10,22-23H,21H2,1H3. The molecule has 0 aliphatic carbocycles. The van der Waals surface area contributed by atoms with Crippen molar-refractivity contribution in [3.8, 4) is 11.5 Å². The molecule has 0 atom stereocenters. The third kappa shape index (κ3) is 2.37. The summed E-state index contributed by atoms with van der Waals surface area (Å²) in [4.78, 5) is 15.9. The van der Waals surface area contributed by atoms with Gasteiger partial charge in [-0.15, -0.1) is 0 Å². The zero-order valence-corrected chi connectivity index (χ0v) is 13.5. The van der Waals surface area contributed by atoms with Crippen LogP contribution in [0.4, 0.5) is 5.69 Å². The monoisotopic (exact) mass is 332 g/mol. The Morgan fingerprint density at radius 2 is 1.80 bits per heavy atom. The molecule has 0 amide bonds. The number of nitrogens with two attached hydrogens (primary N) is 1. The van der Waals surface area contributed by atoms with Gasteiger partial charge in [0.15, 0.2) is 0 Å². The van der Waals surface area contributed by atoms with Gasteiger partial charge in [-0.25, -0.2) is 0 Å². The van der Waals surface area contributed by atoms with E-state index in [1.807, 2.05) is 30.3 Å². The Hall–Kier alpha value is -3.47. The predicted molar refractivity (Wildman–Crippen MR) is 98.3 cm³/mol. The molecule has 0 unspecified atom stereocenters. The van der Waals surface area contributed by atoms with E-state index >= 15 is 0 Å². The summed E-state index contributed by atoms with van der Waals surface area (Å²) >= 11 is 0. The summed E-state index contributed by atoms with van der Waals surface area (Å²) in [7, 11) is 1.51. The number of rotatable bonds is 3. The molecule has 0 aliphatic rings. The highest BCUT2D eigenvalue weighted by Crippen LogP contribution is 2.33. The Morgan fingerprint density at radius 1 is 1.04 bits per heavy atom. The average molecular weight is 332 g/mol. The Morgan fingerprint density at radius 3 is 2.56 bits per heavy atom. The van der Waals surface area contributed by atoms with Gasteiger partial charge in [0, 0.05) is 22.4 Å². The zero-order valence-electron chi connectivity index (χ0n) is 13.5. The summed E-state index contributed by atoms with van der Waals surface area (Å²) < 4.78 is 5.18. The highest BCUT2D eigenvalue weighted by molar-refractivity contribution is 6.15. The molecule has 1 aromatic heterocycles. The molecule has 4 N–H and O–H groups in total. The summed E-state index contributed by atoms with van der Waals surface area (Å²) in [5.41, 5.74) is 7.92. The number of ether oxygens (including phenoxy) is 1. The molecule has 5 nitrogen and oxygen atoms in total. The number of phenols is 1. The first-order chi connectivity index (χ1) is 12.1.